The molecule has 0 bridgehead atoms. The standard InChI is InChI=1S/C24H27N3O2S/c1-13-6-7-18(25-12-13)27-23(29)19-15(3)26-16-10-24(4,5)11-17(28)20(16)21(19)22-14(2)8-9-30-22/h6-9,12,20-21H,10-11H2,1-5H3,(H,25,27,29)/t20-,21-/m1/s1. The summed E-state index contributed by atoms with van der Waals surface area (Å²) in [6.45, 7) is 10.1. The van der Waals surface area contributed by atoms with Crippen molar-refractivity contribution in [3.8, 4) is 0 Å². The number of carbonyl (C=O) groups excluding carboxylic acids is 2. The Kier molecular flexibility index (Phi) is 5.22. The Morgan fingerprint density at radius 2 is 1.90 bits per heavy atom. The van der Waals surface area contributed by atoms with E-state index >= 15 is 0 Å². The lowest BCUT2D eigenvalue weighted by Gasteiger charge is -2.41. The van der Waals surface area contributed by atoms with Crippen molar-refractivity contribution in [3.05, 3.63) is 57.1 Å². The first-order valence-corrected chi connectivity index (χ1v) is 11.1. The number of aromatic nitrogens is 1. The number of allylic oxidation sites excluding steroid dienone is 1. The number of Topliss-reactive ketones (excluding diaryl/α,β-unsaturated/α-hetero) is 1. The summed E-state index contributed by atoms with van der Waals surface area (Å²) in [5.41, 5.74) is 4.21. The number of aryl methyl sites for hydroxylation is 2. The van der Waals surface area contributed by atoms with Gasteiger partial charge < -0.3 is 5.32 Å². The van der Waals surface area contributed by atoms with E-state index < -0.39 is 0 Å². The number of aliphatic imine (C=N–C) groups is 1. The summed E-state index contributed by atoms with van der Waals surface area (Å²) in [4.78, 5) is 36.9. The maximum atomic E-state index is 13.4. The average Bonchev–Trinajstić information content (AvgIpc) is 3.07. The van der Waals surface area contributed by atoms with E-state index in [1.807, 2.05) is 32.2 Å². The Morgan fingerprint density at radius 3 is 2.53 bits per heavy atom. The molecule has 2 aromatic heterocycles. The highest BCUT2D eigenvalue weighted by Crippen LogP contribution is 2.48. The first-order chi connectivity index (χ1) is 14.2. The maximum Gasteiger partial charge on any atom is 0.255 e. The number of carbonyl (C=O) groups is 2. The third-order valence-corrected chi connectivity index (χ3v) is 7.05. The van der Waals surface area contributed by atoms with E-state index in [-0.39, 0.29) is 28.9 Å². The van der Waals surface area contributed by atoms with Crippen LogP contribution in [0.3, 0.4) is 0 Å². The van der Waals surface area contributed by atoms with Gasteiger partial charge in [-0.25, -0.2) is 4.98 Å². The van der Waals surface area contributed by atoms with Gasteiger partial charge >= 0.3 is 0 Å². The molecule has 4 rings (SSSR count). The molecule has 6 heteroatoms. The van der Waals surface area contributed by atoms with E-state index in [0.717, 1.165) is 28.1 Å². The number of anilines is 1. The predicted molar refractivity (Wildman–Crippen MR) is 121 cm³/mol. The monoisotopic (exact) mass is 421 g/mol. The molecule has 156 valence electrons. The van der Waals surface area contributed by atoms with E-state index in [9.17, 15) is 9.59 Å². The highest BCUT2D eigenvalue weighted by Gasteiger charge is 2.48. The van der Waals surface area contributed by atoms with Crippen molar-refractivity contribution >= 4 is 34.6 Å². The Balaban J connectivity index is 1.80. The third-order valence-electron chi connectivity index (χ3n) is 5.95. The van der Waals surface area contributed by atoms with E-state index in [0.29, 0.717) is 23.5 Å². The summed E-state index contributed by atoms with van der Waals surface area (Å²) in [5, 5.41) is 4.95. The van der Waals surface area contributed by atoms with Crippen LogP contribution in [0.15, 0.2) is 46.0 Å². The van der Waals surface area contributed by atoms with Gasteiger partial charge in [0, 0.05) is 40.4 Å². The van der Waals surface area contributed by atoms with Crippen LogP contribution in [-0.4, -0.2) is 22.4 Å². The van der Waals surface area contributed by atoms with Crippen LogP contribution in [0.5, 0.6) is 0 Å². The van der Waals surface area contributed by atoms with Crippen molar-refractivity contribution in [1.29, 1.82) is 0 Å². The van der Waals surface area contributed by atoms with Gasteiger partial charge in [0.15, 0.2) is 0 Å². The molecule has 2 aromatic rings. The van der Waals surface area contributed by atoms with Crippen molar-refractivity contribution < 1.29 is 9.59 Å². The Morgan fingerprint density at radius 1 is 1.13 bits per heavy atom. The van der Waals surface area contributed by atoms with Gasteiger partial charge in [-0.3, -0.25) is 14.6 Å². The number of rotatable bonds is 3. The Bertz CT molecular complexity index is 1080. The normalized spacial score (nSPS) is 23.1. The number of fused-ring (bicyclic) bond motifs is 1. The number of hydrogen-bond acceptors (Lipinski definition) is 5. The lowest BCUT2D eigenvalue weighted by atomic mass is 9.64. The van der Waals surface area contributed by atoms with Crippen LogP contribution in [0.2, 0.25) is 0 Å². The number of ketones is 1. The van der Waals surface area contributed by atoms with Crippen molar-refractivity contribution in [1.82, 2.24) is 4.98 Å². The molecular formula is C24H27N3O2S. The second kappa shape index (κ2) is 7.58. The van der Waals surface area contributed by atoms with Gasteiger partial charge in [-0.05, 0) is 61.2 Å². The second-order valence-corrected chi connectivity index (χ2v) is 10.1. The minimum absolute atomic E-state index is 0.104. The van der Waals surface area contributed by atoms with E-state index in [2.05, 4.69) is 30.2 Å². The molecule has 1 aliphatic carbocycles. The molecule has 1 aliphatic heterocycles. The molecular weight excluding hydrogens is 394 g/mol. The van der Waals surface area contributed by atoms with Gasteiger partial charge in [0.05, 0.1) is 5.92 Å². The smallest absolute Gasteiger partial charge is 0.255 e. The molecule has 1 amide bonds. The van der Waals surface area contributed by atoms with E-state index in [4.69, 9.17) is 4.99 Å². The van der Waals surface area contributed by atoms with Crippen molar-refractivity contribution in [2.45, 2.75) is 53.4 Å². The molecule has 1 fully saturated rings. The molecule has 0 saturated heterocycles. The summed E-state index contributed by atoms with van der Waals surface area (Å²) in [6.07, 6.45) is 3.00. The molecule has 2 atom stereocenters. The molecule has 30 heavy (non-hydrogen) atoms. The fourth-order valence-corrected chi connectivity index (χ4v) is 5.67. The van der Waals surface area contributed by atoms with Gasteiger partial charge in [-0.1, -0.05) is 19.9 Å². The lowest BCUT2D eigenvalue weighted by molar-refractivity contribution is -0.124. The number of nitrogens with zero attached hydrogens (tertiary/aromatic N) is 2. The molecule has 1 saturated carbocycles. The molecule has 3 heterocycles. The fraction of sp³-hybridized carbons (Fsp3) is 0.417. The number of amides is 1. The molecule has 2 aliphatic rings. The highest BCUT2D eigenvalue weighted by atomic mass is 32.1. The van der Waals surface area contributed by atoms with Gasteiger partial charge in [0.25, 0.3) is 5.91 Å². The Hall–Kier alpha value is -2.60. The topological polar surface area (TPSA) is 71.4 Å². The van der Waals surface area contributed by atoms with E-state index in [1.54, 1.807) is 23.6 Å². The minimum atomic E-state index is -0.370. The zero-order chi connectivity index (χ0) is 21.6. The third kappa shape index (κ3) is 3.76. The van der Waals surface area contributed by atoms with Crippen LogP contribution in [0.25, 0.3) is 0 Å². The zero-order valence-corrected chi connectivity index (χ0v) is 18.9. The number of hydrogen-bond donors (Lipinski definition) is 1. The SMILES string of the molecule is CC1=C(C(=O)Nc2ccc(C)cn2)[C@@H](c2sccc2C)[C@H]2C(=O)CC(C)(C)CC2=N1. The molecule has 5 nitrogen and oxygen atoms in total. The number of pyridine rings is 1. The van der Waals surface area contributed by atoms with Gasteiger partial charge in [0.2, 0.25) is 0 Å². The number of nitrogens with one attached hydrogen (secondary N) is 1. The summed E-state index contributed by atoms with van der Waals surface area (Å²) in [7, 11) is 0. The predicted octanol–water partition coefficient (Wildman–Crippen LogP) is 5.22. The average molecular weight is 422 g/mol. The first kappa shape index (κ1) is 20.7. The van der Waals surface area contributed by atoms with Crippen LogP contribution in [-0.2, 0) is 9.59 Å². The second-order valence-electron chi connectivity index (χ2n) is 9.18. The van der Waals surface area contributed by atoms with Crippen molar-refractivity contribution in [2.24, 2.45) is 16.3 Å². The molecule has 1 N–H and O–H groups in total. The van der Waals surface area contributed by atoms with Crippen LogP contribution < -0.4 is 5.32 Å². The van der Waals surface area contributed by atoms with Gasteiger partial charge in [-0.2, -0.15) is 0 Å². The number of thiophene rings is 1. The molecule has 0 radical (unpaired) electrons. The lowest BCUT2D eigenvalue weighted by Crippen LogP contribution is -2.44. The first-order valence-electron chi connectivity index (χ1n) is 10.3. The van der Waals surface area contributed by atoms with Crippen LogP contribution in [0.4, 0.5) is 5.82 Å². The van der Waals surface area contributed by atoms with Gasteiger partial charge in [0.1, 0.15) is 11.6 Å². The zero-order valence-electron chi connectivity index (χ0n) is 18.1. The maximum absolute atomic E-state index is 13.4. The van der Waals surface area contributed by atoms with Crippen LogP contribution in [0.1, 0.15) is 55.5 Å². The van der Waals surface area contributed by atoms with Gasteiger partial charge in [-0.15, -0.1) is 11.3 Å². The highest BCUT2D eigenvalue weighted by molar-refractivity contribution is 7.10. The summed E-state index contributed by atoms with van der Waals surface area (Å²) in [6, 6.07) is 5.75. The quantitative estimate of drug-likeness (QED) is 0.739. The fourth-order valence-electron chi connectivity index (χ4n) is 4.60. The summed E-state index contributed by atoms with van der Waals surface area (Å²) in [5.74, 6) is -0.230. The van der Waals surface area contributed by atoms with Crippen molar-refractivity contribution in [2.75, 3.05) is 5.32 Å². The van der Waals surface area contributed by atoms with E-state index in [1.165, 1.54) is 0 Å². The minimum Gasteiger partial charge on any atom is -0.307 e. The van der Waals surface area contributed by atoms with Crippen LogP contribution in [0, 0.1) is 25.2 Å². The molecule has 0 unspecified atom stereocenters. The molecule has 0 aromatic carbocycles. The Labute approximate surface area is 181 Å². The van der Waals surface area contributed by atoms with Crippen LogP contribution >= 0.6 is 11.3 Å². The largest absolute Gasteiger partial charge is 0.307 e. The summed E-state index contributed by atoms with van der Waals surface area (Å²) < 4.78 is 0. The van der Waals surface area contributed by atoms with Crippen molar-refractivity contribution in [3.63, 3.8) is 0 Å². The molecule has 0 spiro atoms. The summed E-state index contributed by atoms with van der Waals surface area (Å²) >= 11 is 1.61.